The van der Waals surface area contributed by atoms with E-state index in [2.05, 4.69) is 17.1 Å². The van der Waals surface area contributed by atoms with Gasteiger partial charge in [0, 0.05) is 24.9 Å². The molecular formula is C16H18N2O4. The summed E-state index contributed by atoms with van der Waals surface area (Å²) in [6.45, 7) is 2.65. The number of carbonyl (C=O) groups is 1. The molecule has 2 fully saturated rings. The second kappa shape index (κ2) is 5.28. The smallest absolute Gasteiger partial charge is 0.407 e. The number of hydrogen-bond donors (Lipinski definition) is 1. The molecule has 0 bridgehead atoms. The molecule has 0 radical (unpaired) electrons. The van der Waals surface area contributed by atoms with E-state index in [1.54, 1.807) is 0 Å². The van der Waals surface area contributed by atoms with Crippen LogP contribution >= 0.6 is 0 Å². The van der Waals surface area contributed by atoms with E-state index in [4.69, 9.17) is 14.3 Å². The van der Waals surface area contributed by atoms with E-state index in [1.165, 1.54) is 10.5 Å². The zero-order valence-electron chi connectivity index (χ0n) is 12.2. The topological polar surface area (TPSA) is 75.8 Å². The van der Waals surface area contributed by atoms with Crippen LogP contribution in [0.25, 0.3) is 11.1 Å². The molecule has 6 heteroatoms. The summed E-state index contributed by atoms with van der Waals surface area (Å²) in [6, 6.07) is 6.14. The van der Waals surface area contributed by atoms with Gasteiger partial charge in [-0.05, 0) is 30.5 Å². The summed E-state index contributed by atoms with van der Waals surface area (Å²) < 4.78 is 11.1. The van der Waals surface area contributed by atoms with Crippen LogP contribution in [-0.4, -0.2) is 47.4 Å². The number of oxazole rings is 1. The van der Waals surface area contributed by atoms with Crippen molar-refractivity contribution in [1.29, 1.82) is 0 Å². The molecule has 0 saturated carbocycles. The lowest BCUT2D eigenvalue weighted by Crippen LogP contribution is -2.36. The Balaban J connectivity index is 1.54. The summed E-state index contributed by atoms with van der Waals surface area (Å²) in [7, 11) is 0. The quantitative estimate of drug-likeness (QED) is 0.923. The number of fused-ring (bicyclic) bond motifs is 1. The number of aromatic nitrogens is 1. The molecule has 6 nitrogen and oxygen atoms in total. The number of carboxylic acid groups (broad SMARTS) is 1. The lowest BCUT2D eigenvalue weighted by Gasteiger charge is -2.28. The minimum atomic E-state index is -0.844. The maximum atomic E-state index is 11.0. The van der Waals surface area contributed by atoms with E-state index in [1.807, 2.05) is 6.07 Å². The van der Waals surface area contributed by atoms with E-state index in [9.17, 15) is 4.79 Å². The maximum absolute atomic E-state index is 11.0. The van der Waals surface area contributed by atoms with E-state index in [-0.39, 0.29) is 5.92 Å². The van der Waals surface area contributed by atoms with Gasteiger partial charge in [0.25, 0.3) is 0 Å². The molecule has 0 aliphatic carbocycles. The molecule has 1 N–H and O–H groups in total. The standard InChI is InChI=1S/C16H18N2O4/c19-16(20)18-5-3-10(4-6-18)15-17-13-7-11(12-8-21-9-12)1-2-14(13)22-15/h1-2,7,10,12H,3-6,8-9H2,(H,19,20). The van der Waals surface area contributed by atoms with Gasteiger partial charge in [0.15, 0.2) is 11.5 Å². The van der Waals surface area contributed by atoms with E-state index < -0.39 is 6.09 Å². The Kier molecular flexibility index (Phi) is 3.26. The van der Waals surface area contributed by atoms with Crippen molar-refractivity contribution in [1.82, 2.24) is 9.88 Å². The molecule has 4 rings (SSSR count). The Bertz CT molecular complexity index is 699. The molecule has 1 aromatic heterocycles. The number of hydrogen-bond acceptors (Lipinski definition) is 4. The number of rotatable bonds is 2. The Morgan fingerprint density at radius 1 is 1.23 bits per heavy atom. The fourth-order valence-electron chi connectivity index (χ4n) is 3.14. The number of ether oxygens (including phenoxy) is 1. The van der Waals surface area contributed by atoms with Gasteiger partial charge in [-0.2, -0.15) is 0 Å². The van der Waals surface area contributed by atoms with Crippen LogP contribution in [0.2, 0.25) is 0 Å². The van der Waals surface area contributed by atoms with Gasteiger partial charge >= 0.3 is 6.09 Å². The van der Waals surface area contributed by atoms with Crippen molar-refractivity contribution in [3.05, 3.63) is 29.7 Å². The molecule has 1 amide bonds. The van der Waals surface area contributed by atoms with Crippen molar-refractivity contribution in [3.8, 4) is 0 Å². The minimum Gasteiger partial charge on any atom is -0.465 e. The third-order valence-corrected chi connectivity index (χ3v) is 4.65. The van der Waals surface area contributed by atoms with Crippen LogP contribution in [0.5, 0.6) is 0 Å². The normalized spacial score (nSPS) is 20.3. The Morgan fingerprint density at radius 3 is 2.64 bits per heavy atom. The third kappa shape index (κ3) is 2.33. The summed E-state index contributed by atoms with van der Waals surface area (Å²) in [5.74, 6) is 1.42. The molecule has 3 heterocycles. The average molecular weight is 302 g/mol. The SMILES string of the molecule is O=C(O)N1CCC(c2nc3cc(C4COC4)ccc3o2)CC1. The Hall–Kier alpha value is -2.08. The molecule has 2 aliphatic rings. The summed E-state index contributed by atoms with van der Waals surface area (Å²) in [6.07, 6.45) is 0.689. The maximum Gasteiger partial charge on any atom is 0.407 e. The minimum absolute atomic E-state index is 0.207. The predicted molar refractivity (Wildman–Crippen MR) is 79.1 cm³/mol. The Morgan fingerprint density at radius 2 is 2.00 bits per heavy atom. The van der Waals surface area contributed by atoms with Gasteiger partial charge in [-0.25, -0.2) is 9.78 Å². The first kappa shape index (κ1) is 13.6. The monoisotopic (exact) mass is 302 g/mol. The number of likely N-dealkylation sites (tertiary alicyclic amines) is 1. The fraction of sp³-hybridized carbons (Fsp3) is 0.500. The number of nitrogens with zero attached hydrogens (tertiary/aromatic N) is 2. The zero-order valence-corrected chi connectivity index (χ0v) is 12.2. The van der Waals surface area contributed by atoms with Crippen molar-refractivity contribution in [2.75, 3.05) is 26.3 Å². The van der Waals surface area contributed by atoms with E-state index in [0.717, 1.165) is 43.0 Å². The number of benzene rings is 1. The van der Waals surface area contributed by atoms with Crippen LogP contribution < -0.4 is 0 Å². The molecule has 0 spiro atoms. The van der Waals surface area contributed by atoms with Crippen LogP contribution in [0, 0.1) is 0 Å². The Labute approximate surface area is 127 Å². The van der Waals surface area contributed by atoms with Crippen LogP contribution in [-0.2, 0) is 4.74 Å². The number of amides is 1. The summed E-state index contributed by atoms with van der Waals surface area (Å²) in [4.78, 5) is 17.0. The van der Waals surface area contributed by atoms with Crippen molar-refractivity contribution in [2.24, 2.45) is 0 Å². The van der Waals surface area contributed by atoms with Crippen molar-refractivity contribution in [3.63, 3.8) is 0 Å². The van der Waals surface area contributed by atoms with Gasteiger partial charge in [-0.15, -0.1) is 0 Å². The molecule has 2 aromatic rings. The van der Waals surface area contributed by atoms with Crippen molar-refractivity contribution >= 4 is 17.2 Å². The zero-order chi connectivity index (χ0) is 15.1. The van der Waals surface area contributed by atoms with Crippen molar-refractivity contribution in [2.45, 2.75) is 24.7 Å². The summed E-state index contributed by atoms with van der Waals surface area (Å²) in [5, 5.41) is 9.00. The largest absolute Gasteiger partial charge is 0.465 e. The van der Waals surface area contributed by atoms with Crippen molar-refractivity contribution < 1.29 is 19.1 Å². The van der Waals surface area contributed by atoms with Crippen LogP contribution in [0.1, 0.15) is 36.1 Å². The molecule has 22 heavy (non-hydrogen) atoms. The third-order valence-electron chi connectivity index (χ3n) is 4.65. The average Bonchev–Trinajstić information content (AvgIpc) is 2.89. The molecular weight excluding hydrogens is 284 g/mol. The molecule has 1 aromatic carbocycles. The molecule has 116 valence electrons. The highest BCUT2D eigenvalue weighted by Gasteiger charge is 2.27. The second-order valence-electron chi connectivity index (χ2n) is 6.06. The lowest BCUT2D eigenvalue weighted by atomic mass is 9.97. The highest BCUT2D eigenvalue weighted by molar-refractivity contribution is 5.73. The van der Waals surface area contributed by atoms with Gasteiger partial charge in [0.2, 0.25) is 0 Å². The lowest BCUT2D eigenvalue weighted by molar-refractivity contribution is 0.00847. The van der Waals surface area contributed by atoms with Gasteiger partial charge in [-0.3, -0.25) is 0 Å². The summed E-state index contributed by atoms with van der Waals surface area (Å²) >= 11 is 0. The molecule has 2 saturated heterocycles. The molecule has 0 unspecified atom stereocenters. The van der Waals surface area contributed by atoms with Crippen LogP contribution in [0.15, 0.2) is 22.6 Å². The van der Waals surface area contributed by atoms with Crippen LogP contribution in [0.4, 0.5) is 4.79 Å². The first-order valence-electron chi connectivity index (χ1n) is 7.66. The fourth-order valence-corrected chi connectivity index (χ4v) is 3.14. The van der Waals surface area contributed by atoms with Gasteiger partial charge in [0.05, 0.1) is 13.2 Å². The predicted octanol–water partition coefficient (Wildman–Crippen LogP) is 2.80. The first-order valence-corrected chi connectivity index (χ1v) is 7.66. The highest BCUT2D eigenvalue weighted by atomic mass is 16.5. The van der Waals surface area contributed by atoms with E-state index >= 15 is 0 Å². The van der Waals surface area contributed by atoms with Crippen LogP contribution in [0.3, 0.4) is 0 Å². The first-order chi connectivity index (χ1) is 10.7. The summed E-state index contributed by atoms with van der Waals surface area (Å²) in [5.41, 5.74) is 2.94. The molecule has 2 aliphatic heterocycles. The molecule has 0 atom stereocenters. The van der Waals surface area contributed by atoms with Gasteiger partial charge in [0.1, 0.15) is 5.52 Å². The second-order valence-corrected chi connectivity index (χ2v) is 6.06. The van der Waals surface area contributed by atoms with E-state index in [0.29, 0.717) is 19.0 Å². The number of piperidine rings is 1. The van der Waals surface area contributed by atoms with Gasteiger partial charge in [-0.1, -0.05) is 6.07 Å². The highest BCUT2D eigenvalue weighted by Crippen LogP contribution is 2.32. The van der Waals surface area contributed by atoms with Gasteiger partial charge < -0.3 is 19.2 Å².